The molecule has 4 heteroatoms. The fourth-order valence-corrected chi connectivity index (χ4v) is 2.09. The minimum absolute atomic E-state index is 0.343. The Morgan fingerprint density at radius 3 is 3.09 bits per heavy atom. The third-order valence-corrected chi connectivity index (χ3v) is 3.12. The molecule has 0 aliphatic carbocycles. The van der Waals surface area contributed by atoms with Crippen LogP contribution in [0.1, 0.15) is 13.3 Å². The Labute approximate surface area is 70.6 Å². The van der Waals surface area contributed by atoms with E-state index in [0.29, 0.717) is 11.0 Å². The van der Waals surface area contributed by atoms with Crippen molar-refractivity contribution in [3.8, 4) is 0 Å². The molecule has 0 aromatic carbocycles. The molecule has 1 aliphatic heterocycles. The van der Waals surface area contributed by atoms with Gasteiger partial charge in [-0.25, -0.2) is 0 Å². The first-order valence-corrected chi connectivity index (χ1v) is 4.83. The number of aliphatic carboxylic acids is 1. The maximum Gasteiger partial charge on any atom is 0.321 e. The largest absolute Gasteiger partial charge is 0.480 e. The summed E-state index contributed by atoms with van der Waals surface area (Å²) in [4.78, 5) is 10.5. The standard InChI is InChI=1S/C7H13NO2S/c1-5-2-3-8-6(4-11-5)7(9)10/h5-6,8H,2-4H2,1H3,(H,9,10). The van der Waals surface area contributed by atoms with Crippen LogP contribution in [0.25, 0.3) is 0 Å². The molecule has 0 amide bonds. The molecule has 0 aromatic rings. The highest BCUT2D eigenvalue weighted by molar-refractivity contribution is 7.99. The van der Waals surface area contributed by atoms with E-state index in [-0.39, 0.29) is 6.04 Å². The van der Waals surface area contributed by atoms with Crippen LogP contribution in [0.5, 0.6) is 0 Å². The fraction of sp³-hybridized carbons (Fsp3) is 0.857. The third-order valence-electron chi connectivity index (χ3n) is 1.79. The Morgan fingerprint density at radius 1 is 1.73 bits per heavy atom. The summed E-state index contributed by atoms with van der Waals surface area (Å²) < 4.78 is 0. The third kappa shape index (κ3) is 2.71. The van der Waals surface area contributed by atoms with Crippen molar-refractivity contribution in [1.29, 1.82) is 0 Å². The van der Waals surface area contributed by atoms with Gasteiger partial charge in [0.2, 0.25) is 0 Å². The van der Waals surface area contributed by atoms with E-state index < -0.39 is 5.97 Å². The van der Waals surface area contributed by atoms with Gasteiger partial charge in [0.05, 0.1) is 0 Å². The van der Waals surface area contributed by atoms with E-state index in [1.807, 2.05) is 0 Å². The molecule has 1 fully saturated rings. The van der Waals surface area contributed by atoms with Crippen molar-refractivity contribution in [1.82, 2.24) is 5.32 Å². The van der Waals surface area contributed by atoms with Crippen LogP contribution in [0.4, 0.5) is 0 Å². The highest BCUT2D eigenvalue weighted by Gasteiger charge is 2.20. The van der Waals surface area contributed by atoms with E-state index in [1.165, 1.54) is 0 Å². The van der Waals surface area contributed by atoms with Crippen molar-refractivity contribution in [3.05, 3.63) is 0 Å². The Morgan fingerprint density at radius 2 is 2.45 bits per heavy atom. The number of thioether (sulfide) groups is 1. The molecule has 0 spiro atoms. The first kappa shape index (κ1) is 8.87. The number of hydrogen-bond donors (Lipinski definition) is 2. The summed E-state index contributed by atoms with van der Waals surface area (Å²) in [6, 6.07) is -0.343. The fourth-order valence-electron chi connectivity index (χ4n) is 1.02. The number of hydrogen-bond acceptors (Lipinski definition) is 3. The van der Waals surface area contributed by atoms with Gasteiger partial charge < -0.3 is 10.4 Å². The van der Waals surface area contributed by atoms with Crippen molar-refractivity contribution in [3.63, 3.8) is 0 Å². The zero-order valence-electron chi connectivity index (χ0n) is 6.54. The molecule has 1 heterocycles. The second kappa shape index (κ2) is 3.97. The molecule has 64 valence electrons. The Balaban J connectivity index is 2.40. The number of rotatable bonds is 1. The number of carboxylic acid groups (broad SMARTS) is 1. The highest BCUT2D eigenvalue weighted by Crippen LogP contribution is 2.17. The average Bonchev–Trinajstić information content (AvgIpc) is 2.13. The van der Waals surface area contributed by atoms with Crippen molar-refractivity contribution in [2.45, 2.75) is 24.6 Å². The van der Waals surface area contributed by atoms with Gasteiger partial charge in [0.1, 0.15) is 6.04 Å². The Hall–Kier alpha value is -0.220. The number of carboxylic acids is 1. The number of nitrogens with one attached hydrogen (secondary N) is 1. The van der Waals surface area contributed by atoms with Crippen LogP contribution >= 0.6 is 11.8 Å². The van der Waals surface area contributed by atoms with Crippen molar-refractivity contribution in [2.24, 2.45) is 0 Å². The highest BCUT2D eigenvalue weighted by atomic mass is 32.2. The molecule has 0 saturated carbocycles. The van der Waals surface area contributed by atoms with Gasteiger partial charge in [-0.1, -0.05) is 6.92 Å². The van der Waals surface area contributed by atoms with E-state index in [0.717, 1.165) is 13.0 Å². The summed E-state index contributed by atoms with van der Waals surface area (Å²) in [7, 11) is 0. The molecule has 2 atom stereocenters. The average molecular weight is 175 g/mol. The Kier molecular flexibility index (Phi) is 3.20. The van der Waals surface area contributed by atoms with Crippen LogP contribution in [-0.2, 0) is 4.79 Å². The predicted molar refractivity (Wildman–Crippen MR) is 46.0 cm³/mol. The van der Waals surface area contributed by atoms with E-state index in [9.17, 15) is 4.79 Å². The van der Waals surface area contributed by atoms with Gasteiger partial charge in [-0.05, 0) is 13.0 Å². The Bertz CT molecular complexity index is 151. The van der Waals surface area contributed by atoms with Gasteiger partial charge in [0.25, 0.3) is 0 Å². The van der Waals surface area contributed by atoms with Gasteiger partial charge >= 0.3 is 5.97 Å². The predicted octanol–water partition coefficient (Wildman–Crippen LogP) is 0.555. The van der Waals surface area contributed by atoms with Crippen LogP contribution in [0.2, 0.25) is 0 Å². The molecule has 0 radical (unpaired) electrons. The summed E-state index contributed by atoms with van der Waals surface area (Å²) in [5, 5.41) is 12.3. The van der Waals surface area contributed by atoms with Crippen LogP contribution in [0, 0.1) is 0 Å². The van der Waals surface area contributed by atoms with E-state index in [4.69, 9.17) is 5.11 Å². The molecular weight excluding hydrogens is 162 g/mol. The minimum Gasteiger partial charge on any atom is -0.480 e. The zero-order valence-corrected chi connectivity index (χ0v) is 7.36. The second-order valence-electron chi connectivity index (χ2n) is 2.78. The van der Waals surface area contributed by atoms with E-state index >= 15 is 0 Å². The van der Waals surface area contributed by atoms with Crippen LogP contribution in [0.3, 0.4) is 0 Å². The lowest BCUT2D eigenvalue weighted by molar-refractivity contribution is -0.138. The molecule has 0 bridgehead atoms. The van der Waals surface area contributed by atoms with E-state index in [1.54, 1.807) is 11.8 Å². The van der Waals surface area contributed by atoms with Crippen molar-refractivity contribution in [2.75, 3.05) is 12.3 Å². The molecular formula is C7H13NO2S. The summed E-state index contributed by atoms with van der Waals surface area (Å²) in [5.74, 6) is -0.0390. The monoisotopic (exact) mass is 175 g/mol. The van der Waals surface area contributed by atoms with Gasteiger partial charge in [0, 0.05) is 11.0 Å². The first-order chi connectivity index (χ1) is 5.20. The maximum absolute atomic E-state index is 10.5. The molecule has 3 nitrogen and oxygen atoms in total. The zero-order chi connectivity index (χ0) is 8.27. The van der Waals surface area contributed by atoms with Crippen LogP contribution in [-0.4, -0.2) is 34.7 Å². The van der Waals surface area contributed by atoms with Crippen LogP contribution < -0.4 is 5.32 Å². The van der Waals surface area contributed by atoms with Crippen LogP contribution in [0.15, 0.2) is 0 Å². The molecule has 0 aromatic heterocycles. The van der Waals surface area contributed by atoms with Gasteiger partial charge in [-0.15, -0.1) is 0 Å². The second-order valence-corrected chi connectivity index (χ2v) is 4.25. The topological polar surface area (TPSA) is 49.3 Å². The smallest absolute Gasteiger partial charge is 0.321 e. The van der Waals surface area contributed by atoms with Crippen molar-refractivity contribution >= 4 is 17.7 Å². The quantitative estimate of drug-likeness (QED) is 0.611. The van der Waals surface area contributed by atoms with Gasteiger partial charge in [0.15, 0.2) is 0 Å². The molecule has 1 aliphatic rings. The lowest BCUT2D eigenvalue weighted by atomic mass is 10.3. The molecule has 11 heavy (non-hydrogen) atoms. The summed E-state index contributed by atoms with van der Waals surface area (Å²) in [6.07, 6.45) is 1.06. The molecule has 1 saturated heterocycles. The van der Waals surface area contributed by atoms with Gasteiger partial charge in [-0.3, -0.25) is 4.79 Å². The molecule has 2 unspecified atom stereocenters. The normalized spacial score (nSPS) is 32.8. The maximum atomic E-state index is 10.5. The minimum atomic E-state index is -0.730. The summed E-state index contributed by atoms with van der Waals surface area (Å²) in [5.41, 5.74) is 0. The first-order valence-electron chi connectivity index (χ1n) is 3.78. The summed E-state index contributed by atoms with van der Waals surface area (Å²) >= 11 is 1.73. The molecule has 1 rings (SSSR count). The van der Waals surface area contributed by atoms with Crippen molar-refractivity contribution < 1.29 is 9.90 Å². The number of carbonyl (C=O) groups is 1. The lowest BCUT2D eigenvalue weighted by Gasteiger charge is -2.08. The van der Waals surface area contributed by atoms with E-state index in [2.05, 4.69) is 12.2 Å². The lowest BCUT2D eigenvalue weighted by Crippen LogP contribution is -2.37. The molecule has 2 N–H and O–H groups in total. The van der Waals surface area contributed by atoms with Gasteiger partial charge in [-0.2, -0.15) is 11.8 Å². The SMILES string of the molecule is CC1CCNC(C(=O)O)CS1. The summed E-state index contributed by atoms with van der Waals surface area (Å²) in [6.45, 7) is 2.96.